The number of carbonyl (C=O) groups is 3. The Morgan fingerprint density at radius 3 is 1.28 bits per heavy atom. The number of hydrogen-bond acceptors (Lipinski definition) is 6. The van der Waals surface area contributed by atoms with E-state index in [0.29, 0.717) is 19.3 Å². The average Bonchev–Trinajstić information content (AvgIpc) is 3.17. The second-order valence-corrected chi connectivity index (χ2v) is 17.7. The minimum absolute atomic E-state index is 0.0480. The molecule has 0 aromatic heterocycles. The fraction of sp³-hybridized carbons (Fsp3) is 0.898. The highest BCUT2D eigenvalue weighted by atomic mass is 16.6. The summed E-state index contributed by atoms with van der Waals surface area (Å²) in [4.78, 5) is 37.0. The number of aliphatic carboxylic acids is 1. The van der Waals surface area contributed by atoms with Crippen LogP contribution >= 0.6 is 0 Å². The van der Waals surface area contributed by atoms with Crippen molar-refractivity contribution < 1.29 is 38.2 Å². The first-order valence-electron chi connectivity index (χ1n) is 24.2. The highest BCUT2D eigenvalue weighted by molar-refractivity contribution is 5.72. The molecule has 0 aromatic carbocycles. The summed E-state index contributed by atoms with van der Waals surface area (Å²) < 4.78 is 17.3. The van der Waals surface area contributed by atoms with Crippen molar-refractivity contribution in [2.24, 2.45) is 0 Å². The molecule has 0 spiro atoms. The van der Waals surface area contributed by atoms with Gasteiger partial charge in [0.25, 0.3) is 0 Å². The van der Waals surface area contributed by atoms with Crippen LogP contribution in [0.25, 0.3) is 0 Å². The maximum atomic E-state index is 12.7. The quantitative estimate of drug-likeness (QED) is 0.0283. The van der Waals surface area contributed by atoms with Crippen molar-refractivity contribution >= 4 is 17.9 Å². The molecule has 2 atom stereocenters. The van der Waals surface area contributed by atoms with E-state index in [2.05, 4.69) is 26.0 Å². The SMILES string of the molecule is CCCCCC/C=C\CCCCCCCC(=O)OC(COCCC(C(=O)O)[N+](C)(C)C)COC(=O)CCCCCCCCCCCCCCCCCCCCCC. The predicted molar refractivity (Wildman–Crippen MR) is 239 cm³/mol. The summed E-state index contributed by atoms with van der Waals surface area (Å²) in [6, 6.07) is -0.612. The van der Waals surface area contributed by atoms with Crippen LogP contribution in [-0.2, 0) is 28.6 Å². The van der Waals surface area contributed by atoms with Gasteiger partial charge in [0, 0.05) is 19.3 Å². The van der Waals surface area contributed by atoms with Gasteiger partial charge in [0.05, 0.1) is 34.4 Å². The summed E-state index contributed by atoms with van der Waals surface area (Å²) in [5.41, 5.74) is 0. The van der Waals surface area contributed by atoms with Gasteiger partial charge in [-0.3, -0.25) is 9.59 Å². The van der Waals surface area contributed by atoms with Crippen LogP contribution in [0.1, 0.15) is 232 Å². The van der Waals surface area contributed by atoms with Crippen molar-refractivity contribution in [1.29, 1.82) is 0 Å². The van der Waals surface area contributed by atoms with E-state index in [0.717, 1.165) is 51.4 Å². The largest absolute Gasteiger partial charge is 0.477 e. The molecule has 0 saturated carbocycles. The van der Waals surface area contributed by atoms with E-state index in [1.165, 1.54) is 148 Å². The average molecular weight is 809 g/mol. The van der Waals surface area contributed by atoms with Gasteiger partial charge in [-0.05, 0) is 38.5 Å². The van der Waals surface area contributed by atoms with E-state index in [4.69, 9.17) is 14.2 Å². The number of quaternary nitrogens is 1. The highest BCUT2D eigenvalue weighted by Crippen LogP contribution is 2.16. The minimum atomic E-state index is -0.873. The van der Waals surface area contributed by atoms with Crippen molar-refractivity contribution in [3.05, 3.63) is 12.2 Å². The van der Waals surface area contributed by atoms with Gasteiger partial charge in [-0.1, -0.05) is 187 Å². The summed E-state index contributed by atoms with van der Waals surface area (Å²) in [5, 5.41) is 9.63. The number of esters is 2. The van der Waals surface area contributed by atoms with Gasteiger partial charge in [0.15, 0.2) is 12.1 Å². The fourth-order valence-corrected chi connectivity index (χ4v) is 7.38. The Hall–Kier alpha value is -1.93. The van der Waals surface area contributed by atoms with E-state index in [-0.39, 0.29) is 36.2 Å². The van der Waals surface area contributed by atoms with Crippen molar-refractivity contribution in [3.63, 3.8) is 0 Å². The van der Waals surface area contributed by atoms with Gasteiger partial charge in [-0.25, -0.2) is 4.79 Å². The van der Waals surface area contributed by atoms with Crippen LogP contribution in [0.5, 0.6) is 0 Å². The Morgan fingerprint density at radius 1 is 0.509 bits per heavy atom. The Bertz CT molecular complexity index is 947. The van der Waals surface area contributed by atoms with Crippen LogP contribution in [0, 0.1) is 0 Å². The third-order valence-corrected chi connectivity index (χ3v) is 11.2. The first-order valence-corrected chi connectivity index (χ1v) is 24.2. The second kappa shape index (κ2) is 40.8. The molecule has 0 bridgehead atoms. The van der Waals surface area contributed by atoms with Gasteiger partial charge in [0.2, 0.25) is 0 Å². The Kier molecular flexibility index (Phi) is 39.4. The first kappa shape index (κ1) is 55.1. The Balaban J connectivity index is 4.21. The maximum absolute atomic E-state index is 12.7. The lowest BCUT2D eigenvalue weighted by molar-refractivity contribution is -0.887. The lowest BCUT2D eigenvalue weighted by atomic mass is 10.0. The number of allylic oxidation sites excluding steroid dienone is 2. The van der Waals surface area contributed by atoms with Gasteiger partial charge in [-0.15, -0.1) is 0 Å². The lowest BCUT2D eigenvalue weighted by Gasteiger charge is -2.31. The van der Waals surface area contributed by atoms with Crippen LogP contribution in [0.15, 0.2) is 12.2 Å². The molecular formula is C49H94NO7+. The molecule has 8 nitrogen and oxygen atoms in total. The molecule has 0 heterocycles. The molecular weight excluding hydrogens is 715 g/mol. The third-order valence-electron chi connectivity index (χ3n) is 11.2. The molecule has 0 saturated heterocycles. The number of carbonyl (C=O) groups excluding carboxylic acids is 2. The topological polar surface area (TPSA) is 99.1 Å². The zero-order valence-electron chi connectivity index (χ0n) is 38.3. The summed E-state index contributed by atoms with van der Waals surface area (Å²) in [7, 11) is 5.54. The lowest BCUT2D eigenvalue weighted by Crippen LogP contribution is -2.50. The highest BCUT2D eigenvalue weighted by Gasteiger charge is 2.31. The number of nitrogens with zero attached hydrogens (tertiary/aromatic N) is 1. The van der Waals surface area contributed by atoms with E-state index in [1.807, 2.05) is 21.1 Å². The van der Waals surface area contributed by atoms with Gasteiger partial charge >= 0.3 is 17.9 Å². The number of carboxylic acid groups (broad SMARTS) is 1. The van der Waals surface area contributed by atoms with Gasteiger partial charge in [0.1, 0.15) is 6.61 Å². The van der Waals surface area contributed by atoms with Crippen molar-refractivity contribution in [2.45, 2.75) is 244 Å². The summed E-state index contributed by atoms with van der Waals surface area (Å²) >= 11 is 0. The smallest absolute Gasteiger partial charge is 0.362 e. The van der Waals surface area contributed by atoms with E-state index < -0.39 is 18.1 Å². The predicted octanol–water partition coefficient (Wildman–Crippen LogP) is 13.5. The number of rotatable bonds is 44. The second-order valence-electron chi connectivity index (χ2n) is 17.7. The molecule has 2 unspecified atom stereocenters. The van der Waals surface area contributed by atoms with Gasteiger partial charge < -0.3 is 23.8 Å². The van der Waals surface area contributed by atoms with Crippen molar-refractivity contribution in [3.8, 4) is 0 Å². The molecule has 57 heavy (non-hydrogen) atoms. The molecule has 0 aromatic rings. The summed E-state index contributed by atoms with van der Waals surface area (Å²) in [6.45, 7) is 4.75. The molecule has 0 aliphatic heterocycles. The van der Waals surface area contributed by atoms with E-state index in [1.54, 1.807) is 0 Å². The molecule has 0 radical (unpaired) electrons. The normalized spacial score (nSPS) is 12.9. The third kappa shape index (κ3) is 39.3. The zero-order valence-corrected chi connectivity index (χ0v) is 38.3. The summed E-state index contributed by atoms with van der Waals surface area (Å²) in [6.07, 6.45) is 44.0. The molecule has 0 fully saturated rings. The van der Waals surface area contributed by atoms with Crippen LogP contribution in [0.3, 0.4) is 0 Å². The van der Waals surface area contributed by atoms with Gasteiger partial charge in [-0.2, -0.15) is 0 Å². The minimum Gasteiger partial charge on any atom is -0.477 e. The maximum Gasteiger partial charge on any atom is 0.362 e. The standard InChI is InChI=1S/C49H93NO7/c1-6-8-10-12-14-16-18-20-21-22-23-24-25-26-28-29-31-33-35-37-39-47(51)56-44-45(43-55-42-41-46(49(53)54)50(3,4)5)57-48(52)40-38-36-34-32-30-27-19-17-15-13-11-9-7-2/h17,19,45-46H,6-16,18,20-44H2,1-5H3/p+1/b19-17-. The number of carboxylic acids is 1. The summed E-state index contributed by atoms with van der Waals surface area (Å²) in [5.74, 6) is -1.46. The van der Waals surface area contributed by atoms with Crippen LogP contribution in [0.4, 0.5) is 0 Å². The van der Waals surface area contributed by atoms with Crippen molar-refractivity contribution in [1.82, 2.24) is 0 Å². The van der Waals surface area contributed by atoms with Crippen LogP contribution in [0.2, 0.25) is 0 Å². The zero-order chi connectivity index (χ0) is 42.1. The molecule has 0 rings (SSSR count). The number of unbranched alkanes of at least 4 members (excludes halogenated alkanes) is 28. The van der Waals surface area contributed by atoms with E-state index in [9.17, 15) is 19.5 Å². The van der Waals surface area contributed by atoms with Crippen LogP contribution < -0.4 is 0 Å². The fourth-order valence-electron chi connectivity index (χ4n) is 7.38. The molecule has 336 valence electrons. The molecule has 0 aliphatic carbocycles. The molecule has 0 amide bonds. The molecule has 8 heteroatoms. The molecule has 0 aliphatic rings. The Morgan fingerprint density at radius 2 is 0.877 bits per heavy atom. The molecule has 1 N–H and O–H groups in total. The number of ether oxygens (including phenoxy) is 3. The van der Waals surface area contributed by atoms with Crippen LogP contribution in [-0.4, -0.2) is 80.6 Å². The monoisotopic (exact) mass is 809 g/mol. The first-order chi connectivity index (χ1) is 27.6. The van der Waals surface area contributed by atoms with E-state index >= 15 is 0 Å². The van der Waals surface area contributed by atoms with Crippen molar-refractivity contribution in [2.75, 3.05) is 41.0 Å². The Labute approximate surface area is 352 Å². The number of hydrogen-bond donors (Lipinski definition) is 1. The number of likely N-dealkylation sites (N-methyl/N-ethyl adjacent to an activating group) is 1.